The van der Waals surface area contributed by atoms with Gasteiger partial charge in [-0.15, -0.1) is 0 Å². The molecule has 1 heterocycles. The van der Waals surface area contributed by atoms with E-state index in [-0.39, 0.29) is 5.91 Å². The molecule has 0 atom stereocenters. The lowest BCUT2D eigenvalue weighted by molar-refractivity contribution is 0.102. The Morgan fingerprint density at radius 2 is 1.70 bits per heavy atom. The highest BCUT2D eigenvalue weighted by atomic mass is 35.5. The van der Waals surface area contributed by atoms with Gasteiger partial charge < -0.3 is 5.32 Å². The van der Waals surface area contributed by atoms with Crippen LogP contribution < -0.4 is 5.32 Å². The number of anilines is 1. The Morgan fingerprint density at radius 3 is 2.39 bits per heavy atom. The number of carbonyl (C=O) groups excluding carboxylic acids is 1. The van der Waals surface area contributed by atoms with E-state index < -0.39 is 0 Å². The second-order valence-electron chi connectivity index (χ2n) is 4.89. The molecule has 3 aromatic rings. The number of rotatable bonds is 4. The van der Waals surface area contributed by atoms with Crippen molar-refractivity contribution >= 4 is 34.9 Å². The van der Waals surface area contributed by atoms with Gasteiger partial charge in [0.25, 0.3) is 5.91 Å². The molecule has 0 radical (unpaired) electrons. The molecule has 0 unspecified atom stereocenters. The number of nitrogens with one attached hydrogen (secondary N) is 1. The van der Waals surface area contributed by atoms with Crippen molar-refractivity contribution in [1.29, 1.82) is 0 Å². The summed E-state index contributed by atoms with van der Waals surface area (Å²) in [5.74, 6) is 0.382. The van der Waals surface area contributed by atoms with Gasteiger partial charge in [0.1, 0.15) is 5.82 Å². The molecule has 3 rings (SSSR count). The van der Waals surface area contributed by atoms with E-state index in [9.17, 15) is 4.79 Å². The summed E-state index contributed by atoms with van der Waals surface area (Å²) < 4.78 is 1.65. The first kappa shape index (κ1) is 15.6. The van der Waals surface area contributed by atoms with Gasteiger partial charge in [-0.25, -0.2) is 4.68 Å². The van der Waals surface area contributed by atoms with Gasteiger partial charge in [0.2, 0.25) is 0 Å². The standard InChI is InChI=1S/C17H13Cl2N3O/c18-14-7-4-8-15(19)13(14)11-22-16(9-10-20-22)21-17(23)12-5-2-1-3-6-12/h1-10H,11H2,(H,21,23). The zero-order valence-electron chi connectivity index (χ0n) is 12.0. The van der Waals surface area contributed by atoms with Crippen LogP contribution in [0.4, 0.5) is 5.82 Å². The lowest BCUT2D eigenvalue weighted by Crippen LogP contribution is -2.16. The van der Waals surface area contributed by atoms with E-state index in [1.165, 1.54) is 0 Å². The summed E-state index contributed by atoms with van der Waals surface area (Å²) in [5.41, 5.74) is 1.34. The maximum Gasteiger partial charge on any atom is 0.256 e. The third-order valence-electron chi connectivity index (χ3n) is 3.36. The van der Waals surface area contributed by atoms with Crippen molar-refractivity contribution in [2.24, 2.45) is 0 Å². The molecule has 0 aliphatic carbocycles. The van der Waals surface area contributed by atoms with Crippen LogP contribution in [0.3, 0.4) is 0 Å². The average molecular weight is 346 g/mol. The molecule has 1 amide bonds. The van der Waals surface area contributed by atoms with Gasteiger partial charge in [0.15, 0.2) is 0 Å². The van der Waals surface area contributed by atoms with Crippen molar-refractivity contribution in [3.8, 4) is 0 Å². The molecule has 0 spiro atoms. The minimum Gasteiger partial charge on any atom is -0.307 e. The molecule has 2 aromatic carbocycles. The lowest BCUT2D eigenvalue weighted by Gasteiger charge is -2.11. The number of aromatic nitrogens is 2. The molecule has 23 heavy (non-hydrogen) atoms. The average Bonchev–Trinajstić information content (AvgIpc) is 2.99. The summed E-state index contributed by atoms with van der Waals surface area (Å²) in [5, 5.41) is 8.19. The highest BCUT2D eigenvalue weighted by Crippen LogP contribution is 2.26. The number of nitrogens with zero attached hydrogens (tertiary/aromatic N) is 2. The molecule has 0 fully saturated rings. The van der Waals surface area contributed by atoms with E-state index in [1.807, 2.05) is 18.2 Å². The van der Waals surface area contributed by atoms with Crippen LogP contribution in [0.5, 0.6) is 0 Å². The van der Waals surface area contributed by atoms with Crippen molar-refractivity contribution in [2.75, 3.05) is 5.32 Å². The fraction of sp³-hybridized carbons (Fsp3) is 0.0588. The Hall–Kier alpha value is -2.30. The fourth-order valence-corrected chi connectivity index (χ4v) is 2.69. The molecule has 0 bridgehead atoms. The summed E-state index contributed by atoms with van der Waals surface area (Å²) in [6.45, 7) is 0.371. The third-order valence-corrected chi connectivity index (χ3v) is 4.07. The van der Waals surface area contributed by atoms with Gasteiger partial charge in [0.05, 0.1) is 12.7 Å². The summed E-state index contributed by atoms with van der Waals surface area (Å²) in [4.78, 5) is 12.2. The van der Waals surface area contributed by atoms with Crippen LogP contribution in [-0.2, 0) is 6.54 Å². The number of hydrogen-bond donors (Lipinski definition) is 1. The molecule has 1 N–H and O–H groups in total. The zero-order valence-corrected chi connectivity index (χ0v) is 13.6. The van der Waals surface area contributed by atoms with Crippen molar-refractivity contribution in [3.63, 3.8) is 0 Å². The molecule has 6 heteroatoms. The smallest absolute Gasteiger partial charge is 0.256 e. The van der Waals surface area contributed by atoms with Crippen LogP contribution in [0.2, 0.25) is 10.0 Å². The molecule has 116 valence electrons. The third kappa shape index (κ3) is 3.55. The van der Waals surface area contributed by atoms with E-state index >= 15 is 0 Å². The highest BCUT2D eigenvalue weighted by molar-refractivity contribution is 6.36. The van der Waals surface area contributed by atoms with Crippen LogP contribution in [0.25, 0.3) is 0 Å². The maximum atomic E-state index is 12.2. The number of halogens is 2. The van der Waals surface area contributed by atoms with Crippen molar-refractivity contribution in [3.05, 3.63) is 82.0 Å². The highest BCUT2D eigenvalue weighted by Gasteiger charge is 2.12. The molecule has 0 saturated carbocycles. The maximum absolute atomic E-state index is 12.2. The molecular weight excluding hydrogens is 333 g/mol. The number of hydrogen-bond acceptors (Lipinski definition) is 2. The first-order chi connectivity index (χ1) is 11.1. The Bertz CT molecular complexity index is 811. The predicted octanol–water partition coefficient (Wildman–Crippen LogP) is 4.49. The van der Waals surface area contributed by atoms with Crippen LogP contribution in [0, 0.1) is 0 Å². The minimum absolute atomic E-state index is 0.197. The van der Waals surface area contributed by atoms with E-state index in [1.54, 1.807) is 47.3 Å². The Labute approximate surface area is 143 Å². The topological polar surface area (TPSA) is 46.9 Å². The molecule has 0 aliphatic rings. The summed E-state index contributed by atoms with van der Waals surface area (Å²) in [6, 6.07) is 16.1. The normalized spacial score (nSPS) is 10.5. The molecule has 0 aliphatic heterocycles. The summed E-state index contributed by atoms with van der Waals surface area (Å²) in [6.07, 6.45) is 1.62. The van der Waals surface area contributed by atoms with Gasteiger partial charge in [-0.05, 0) is 24.3 Å². The van der Waals surface area contributed by atoms with Crippen molar-refractivity contribution < 1.29 is 4.79 Å². The first-order valence-corrected chi connectivity index (χ1v) is 7.72. The summed E-state index contributed by atoms with van der Waals surface area (Å²) >= 11 is 12.4. The van der Waals surface area contributed by atoms with Crippen molar-refractivity contribution in [2.45, 2.75) is 6.54 Å². The fourth-order valence-electron chi connectivity index (χ4n) is 2.18. The van der Waals surface area contributed by atoms with E-state index in [0.717, 1.165) is 5.56 Å². The Balaban J connectivity index is 1.82. The van der Waals surface area contributed by atoms with Crippen LogP contribution in [0.15, 0.2) is 60.8 Å². The molecule has 4 nitrogen and oxygen atoms in total. The van der Waals surface area contributed by atoms with E-state index in [4.69, 9.17) is 23.2 Å². The number of carbonyl (C=O) groups is 1. The predicted molar refractivity (Wildman–Crippen MR) is 92.2 cm³/mol. The first-order valence-electron chi connectivity index (χ1n) is 6.96. The van der Waals surface area contributed by atoms with Gasteiger partial charge in [-0.2, -0.15) is 5.10 Å². The SMILES string of the molecule is O=C(Nc1ccnn1Cc1c(Cl)cccc1Cl)c1ccccc1. The van der Waals surface area contributed by atoms with Crippen molar-refractivity contribution in [1.82, 2.24) is 9.78 Å². The van der Waals surface area contributed by atoms with Gasteiger partial charge >= 0.3 is 0 Å². The Kier molecular flexibility index (Phi) is 4.65. The second kappa shape index (κ2) is 6.86. The molecular formula is C17H13Cl2N3O. The number of benzene rings is 2. The monoisotopic (exact) mass is 345 g/mol. The minimum atomic E-state index is -0.197. The lowest BCUT2D eigenvalue weighted by atomic mass is 10.2. The second-order valence-corrected chi connectivity index (χ2v) is 5.71. The summed E-state index contributed by atoms with van der Waals surface area (Å²) in [7, 11) is 0. The van der Waals surface area contributed by atoms with Crippen LogP contribution in [-0.4, -0.2) is 15.7 Å². The number of amides is 1. The largest absolute Gasteiger partial charge is 0.307 e. The van der Waals surface area contributed by atoms with Gasteiger partial charge in [0, 0.05) is 27.2 Å². The van der Waals surface area contributed by atoms with Crippen LogP contribution >= 0.6 is 23.2 Å². The van der Waals surface area contributed by atoms with Crippen LogP contribution in [0.1, 0.15) is 15.9 Å². The Morgan fingerprint density at radius 1 is 1.00 bits per heavy atom. The van der Waals surface area contributed by atoms with Gasteiger partial charge in [-0.3, -0.25) is 4.79 Å². The zero-order chi connectivity index (χ0) is 16.2. The quantitative estimate of drug-likeness (QED) is 0.757. The van der Waals surface area contributed by atoms with E-state index in [2.05, 4.69) is 10.4 Å². The van der Waals surface area contributed by atoms with Gasteiger partial charge in [-0.1, -0.05) is 47.5 Å². The molecule has 0 saturated heterocycles. The molecule has 1 aromatic heterocycles. The van der Waals surface area contributed by atoms with E-state index in [0.29, 0.717) is 28.0 Å².